The summed E-state index contributed by atoms with van der Waals surface area (Å²) in [6.45, 7) is 1.40. The Hall–Kier alpha value is -2.91. The summed E-state index contributed by atoms with van der Waals surface area (Å²) in [5.74, 6) is -0.0559. The van der Waals surface area contributed by atoms with Crippen molar-refractivity contribution < 1.29 is 18.0 Å². The predicted octanol–water partition coefficient (Wildman–Crippen LogP) is 2.13. The molecule has 3 rings (SSSR count). The number of carbonyl (C=O) groups is 1. The predicted molar refractivity (Wildman–Crippen MR) is 79.1 cm³/mol. The van der Waals surface area contributed by atoms with E-state index in [0.717, 1.165) is 10.9 Å². The van der Waals surface area contributed by atoms with Crippen molar-refractivity contribution in [3.63, 3.8) is 0 Å². The molecule has 0 saturated carbocycles. The van der Waals surface area contributed by atoms with E-state index >= 15 is 0 Å². The van der Waals surface area contributed by atoms with Gasteiger partial charge in [-0.15, -0.1) is 0 Å². The van der Waals surface area contributed by atoms with Gasteiger partial charge in [0.05, 0.1) is 16.6 Å². The second-order valence-electron chi connectivity index (χ2n) is 5.24. The molecule has 1 N–H and O–H groups in total. The maximum atomic E-state index is 13.1. The number of carbonyl (C=O) groups excluding carboxylic acids is 1. The van der Waals surface area contributed by atoms with E-state index in [9.17, 15) is 18.0 Å². The fraction of sp³-hybridized carbons (Fsp3) is 0.286. The first-order valence-electron chi connectivity index (χ1n) is 6.94. The maximum Gasteiger partial charge on any atom is 0.435 e. The quantitative estimate of drug-likeness (QED) is 0.794. The van der Waals surface area contributed by atoms with Gasteiger partial charge < -0.3 is 5.32 Å². The number of nitrogens with one attached hydrogen (secondary N) is 1. The molecule has 1 amide bonds. The first-order valence-corrected chi connectivity index (χ1v) is 6.94. The lowest BCUT2D eigenvalue weighted by Crippen LogP contribution is -2.21. The van der Waals surface area contributed by atoms with Crippen molar-refractivity contribution in [2.75, 3.05) is 5.32 Å². The summed E-state index contributed by atoms with van der Waals surface area (Å²) in [5, 5.41) is 10.1. The van der Waals surface area contributed by atoms with Crippen LogP contribution in [0.5, 0.6) is 0 Å². The summed E-state index contributed by atoms with van der Waals surface area (Å²) < 4.78 is 41.7. The van der Waals surface area contributed by atoms with E-state index < -0.39 is 17.8 Å². The molecule has 0 bridgehead atoms. The largest absolute Gasteiger partial charge is 0.435 e. The highest BCUT2D eigenvalue weighted by molar-refractivity contribution is 5.91. The third-order valence-corrected chi connectivity index (χ3v) is 3.38. The monoisotopic (exact) mass is 338 g/mol. The Bertz CT molecular complexity index is 911. The first-order chi connectivity index (χ1) is 11.3. The number of amides is 1. The third-order valence-electron chi connectivity index (χ3n) is 3.38. The van der Waals surface area contributed by atoms with Crippen LogP contribution in [0.15, 0.2) is 24.5 Å². The molecule has 0 radical (unpaired) electrons. The van der Waals surface area contributed by atoms with Crippen molar-refractivity contribution in [2.24, 2.45) is 7.05 Å². The number of rotatable bonds is 3. The molecule has 0 atom stereocenters. The van der Waals surface area contributed by atoms with Gasteiger partial charge in [-0.3, -0.25) is 19.1 Å². The summed E-state index contributed by atoms with van der Waals surface area (Å²) >= 11 is 0. The van der Waals surface area contributed by atoms with E-state index in [1.165, 1.54) is 16.9 Å². The number of pyridine rings is 1. The Morgan fingerprint density at radius 3 is 2.71 bits per heavy atom. The van der Waals surface area contributed by atoms with Gasteiger partial charge in [0.1, 0.15) is 12.4 Å². The molecule has 126 valence electrons. The van der Waals surface area contributed by atoms with E-state index in [4.69, 9.17) is 0 Å². The van der Waals surface area contributed by atoms with Gasteiger partial charge in [0.25, 0.3) is 0 Å². The van der Waals surface area contributed by atoms with Crippen LogP contribution in [0.4, 0.5) is 19.0 Å². The zero-order valence-electron chi connectivity index (χ0n) is 12.8. The number of alkyl halides is 3. The number of hydrogen-bond donors (Lipinski definition) is 1. The van der Waals surface area contributed by atoms with Gasteiger partial charge in [0.15, 0.2) is 5.69 Å². The summed E-state index contributed by atoms with van der Waals surface area (Å²) in [6.07, 6.45) is -2.19. The summed E-state index contributed by atoms with van der Waals surface area (Å²) in [4.78, 5) is 15.8. The van der Waals surface area contributed by atoms with Crippen molar-refractivity contribution in [1.29, 1.82) is 0 Å². The number of aryl methyl sites for hydroxylation is 2. The molecular weight excluding hydrogens is 325 g/mol. The molecule has 3 aromatic heterocycles. The molecule has 0 aromatic carbocycles. The van der Waals surface area contributed by atoms with Crippen LogP contribution in [0.3, 0.4) is 0 Å². The molecule has 0 saturated heterocycles. The molecule has 10 heteroatoms. The Labute approximate surface area is 134 Å². The summed E-state index contributed by atoms with van der Waals surface area (Å²) in [6, 6.07) is 3.04. The number of halogens is 3. The lowest BCUT2D eigenvalue weighted by Gasteiger charge is -2.06. The number of aromatic nitrogens is 5. The number of hydrogen-bond acceptors (Lipinski definition) is 4. The number of nitrogens with zero attached hydrogens (tertiary/aromatic N) is 5. The van der Waals surface area contributed by atoms with Gasteiger partial charge in [-0.25, -0.2) is 0 Å². The second kappa shape index (κ2) is 5.62. The third kappa shape index (κ3) is 2.94. The smallest absolute Gasteiger partial charge is 0.309 e. The highest BCUT2D eigenvalue weighted by Crippen LogP contribution is 2.33. The van der Waals surface area contributed by atoms with Crippen molar-refractivity contribution in [3.8, 4) is 0 Å². The fourth-order valence-corrected chi connectivity index (χ4v) is 2.40. The summed E-state index contributed by atoms with van der Waals surface area (Å²) in [5.41, 5.74) is -0.161. The van der Waals surface area contributed by atoms with E-state index in [-0.39, 0.29) is 17.4 Å². The molecule has 0 unspecified atom stereocenters. The summed E-state index contributed by atoms with van der Waals surface area (Å²) in [7, 11) is 1.65. The zero-order chi connectivity index (χ0) is 17.5. The van der Waals surface area contributed by atoms with Crippen LogP contribution in [0.25, 0.3) is 10.9 Å². The molecule has 3 heterocycles. The molecule has 0 aliphatic carbocycles. The maximum absolute atomic E-state index is 13.1. The minimum atomic E-state index is -4.62. The van der Waals surface area contributed by atoms with Crippen molar-refractivity contribution in [3.05, 3.63) is 35.9 Å². The first kappa shape index (κ1) is 16.0. The van der Waals surface area contributed by atoms with Crippen LogP contribution < -0.4 is 5.32 Å². The van der Waals surface area contributed by atoms with Crippen molar-refractivity contribution in [2.45, 2.75) is 19.6 Å². The van der Waals surface area contributed by atoms with Gasteiger partial charge >= 0.3 is 6.18 Å². The van der Waals surface area contributed by atoms with Crippen LogP contribution in [-0.4, -0.2) is 30.5 Å². The fourth-order valence-electron chi connectivity index (χ4n) is 2.40. The van der Waals surface area contributed by atoms with Crippen LogP contribution in [0.1, 0.15) is 11.4 Å². The van der Waals surface area contributed by atoms with Crippen molar-refractivity contribution in [1.82, 2.24) is 24.5 Å². The topological polar surface area (TPSA) is 77.6 Å². The van der Waals surface area contributed by atoms with Crippen molar-refractivity contribution >= 4 is 22.6 Å². The Morgan fingerprint density at radius 1 is 1.33 bits per heavy atom. The highest BCUT2D eigenvalue weighted by Gasteiger charge is 2.37. The Balaban J connectivity index is 1.90. The van der Waals surface area contributed by atoms with Crippen LogP contribution in [-0.2, 0) is 24.6 Å². The van der Waals surface area contributed by atoms with Gasteiger partial charge in [-0.05, 0) is 13.0 Å². The lowest BCUT2D eigenvalue weighted by atomic mass is 10.2. The van der Waals surface area contributed by atoms with Gasteiger partial charge in [0.2, 0.25) is 5.91 Å². The van der Waals surface area contributed by atoms with E-state index in [2.05, 4.69) is 20.5 Å². The van der Waals surface area contributed by atoms with Crippen LogP contribution >= 0.6 is 0 Å². The molecule has 0 aliphatic heterocycles. The molecule has 0 fully saturated rings. The average Bonchev–Trinajstić information content (AvgIpc) is 3.00. The molecule has 24 heavy (non-hydrogen) atoms. The lowest BCUT2D eigenvalue weighted by molar-refractivity contribution is -0.140. The van der Waals surface area contributed by atoms with E-state index in [1.807, 2.05) is 0 Å². The number of fused-ring (bicyclic) bond motifs is 1. The van der Waals surface area contributed by atoms with E-state index in [0.29, 0.717) is 11.5 Å². The van der Waals surface area contributed by atoms with Gasteiger partial charge in [0, 0.05) is 25.5 Å². The Kier molecular flexibility index (Phi) is 3.74. The average molecular weight is 338 g/mol. The normalized spacial score (nSPS) is 11.9. The minimum absolute atomic E-state index is 0.144. The molecule has 3 aromatic rings. The molecular formula is C14H13F3N6O. The number of anilines is 1. The second-order valence-corrected chi connectivity index (χ2v) is 5.24. The molecule has 0 spiro atoms. The van der Waals surface area contributed by atoms with Gasteiger partial charge in [-0.2, -0.15) is 23.4 Å². The SMILES string of the molecule is Cc1cc(NC(=O)Cn2nc(C(F)(F)F)c3cnccc32)n(C)n1. The molecule has 7 nitrogen and oxygen atoms in total. The Morgan fingerprint density at radius 2 is 2.08 bits per heavy atom. The zero-order valence-corrected chi connectivity index (χ0v) is 12.8. The minimum Gasteiger partial charge on any atom is -0.309 e. The van der Waals surface area contributed by atoms with Crippen LogP contribution in [0.2, 0.25) is 0 Å². The highest BCUT2D eigenvalue weighted by atomic mass is 19.4. The van der Waals surface area contributed by atoms with Gasteiger partial charge in [-0.1, -0.05) is 0 Å². The van der Waals surface area contributed by atoms with E-state index in [1.54, 1.807) is 20.0 Å². The van der Waals surface area contributed by atoms with Crippen LogP contribution in [0, 0.1) is 6.92 Å². The standard InChI is InChI=1S/C14H13F3N6O/c1-8-5-11(22(2)20-8)19-12(24)7-23-10-3-4-18-6-9(10)13(21-23)14(15,16)17/h3-6H,7H2,1-2H3,(H,19,24). The molecule has 0 aliphatic rings.